The molecule has 0 radical (unpaired) electrons. The molecule has 1 amide bonds. The van der Waals surface area contributed by atoms with Crippen molar-refractivity contribution in [3.63, 3.8) is 0 Å². The molecule has 1 atom stereocenters. The largest absolute Gasteiger partial charge is 0.357 e. The van der Waals surface area contributed by atoms with E-state index < -0.39 is 0 Å². The topological polar surface area (TPSA) is 69.3 Å². The number of carbonyl (C=O) groups excluding carboxylic acids is 1. The molecule has 6 nitrogen and oxygen atoms in total. The van der Waals surface area contributed by atoms with Gasteiger partial charge in [-0.1, -0.05) is 44.2 Å². The van der Waals surface area contributed by atoms with Crippen molar-refractivity contribution in [1.82, 2.24) is 9.47 Å². The second-order valence-electron chi connectivity index (χ2n) is 8.16. The summed E-state index contributed by atoms with van der Waals surface area (Å²) < 4.78 is 2.31. The van der Waals surface area contributed by atoms with Gasteiger partial charge in [0.1, 0.15) is 21.8 Å². The fourth-order valence-electron chi connectivity index (χ4n) is 4.11. The molecule has 2 aliphatic heterocycles. The highest BCUT2D eigenvalue weighted by Crippen LogP contribution is 2.37. The maximum atomic E-state index is 13.2. The number of pyridine rings is 1. The summed E-state index contributed by atoms with van der Waals surface area (Å²) in [5, 5.41) is 9.73. The molecule has 3 rings (SSSR count). The van der Waals surface area contributed by atoms with Gasteiger partial charge in [-0.3, -0.25) is 19.1 Å². The Morgan fingerprint density at radius 2 is 1.94 bits per heavy atom. The van der Waals surface area contributed by atoms with E-state index in [9.17, 15) is 14.9 Å². The van der Waals surface area contributed by atoms with Crippen LogP contribution in [0.15, 0.2) is 9.70 Å². The molecular weight excluding hydrogens is 428 g/mol. The molecule has 1 unspecified atom stereocenters. The van der Waals surface area contributed by atoms with E-state index in [0.29, 0.717) is 21.3 Å². The van der Waals surface area contributed by atoms with E-state index in [-0.39, 0.29) is 23.1 Å². The zero-order valence-corrected chi connectivity index (χ0v) is 20.4. The minimum absolute atomic E-state index is 0.0331. The summed E-state index contributed by atoms with van der Waals surface area (Å²) in [6.45, 7) is 10.2. The van der Waals surface area contributed by atoms with Gasteiger partial charge in [0.15, 0.2) is 0 Å². The molecule has 0 aromatic carbocycles. The van der Waals surface area contributed by atoms with E-state index in [1.165, 1.54) is 11.8 Å². The van der Waals surface area contributed by atoms with E-state index in [1.807, 2.05) is 26.8 Å². The van der Waals surface area contributed by atoms with E-state index in [0.717, 1.165) is 56.6 Å². The van der Waals surface area contributed by atoms with Crippen LogP contribution in [0, 0.1) is 18.3 Å². The predicted molar refractivity (Wildman–Crippen MR) is 131 cm³/mol. The average Bonchev–Trinajstić information content (AvgIpc) is 3.37. The van der Waals surface area contributed by atoms with Crippen LogP contribution in [0.4, 0.5) is 5.82 Å². The Kier molecular flexibility index (Phi) is 7.60. The van der Waals surface area contributed by atoms with Gasteiger partial charge in [0.2, 0.25) is 0 Å². The number of hydrogen-bond acceptors (Lipinski definition) is 6. The van der Waals surface area contributed by atoms with Gasteiger partial charge in [-0.25, -0.2) is 0 Å². The minimum atomic E-state index is -0.236. The Bertz CT molecular complexity index is 1020. The van der Waals surface area contributed by atoms with Gasteiger partial charge in [0.05, 0.1) is 4.91 Å². The van der Waals surface area contributed by atoms with Gasteiger partial charge in [-0.2, -0.15) is 5.26 Å². The van der Waals surface area contributed by atoms with Crippen molar-refractivity contribution in [3.05, 3.63) is 31.9 Å². The quantitative estimate of drug-likeness (QED) is 0.445. The number of nitriles is 1. The van der Waals surface area contributed by atoms with Crippen molar-refractivity contribution in [2.75, 3.05) is 18.0 Å². The molecule has 0 N–H and O–H groups in total. The number of unbranched alkanes of at least 4 members (excludes halogenated alkanes) is 1. The number of nitrogens with zero attached hydrogens (tertiary/aromatic N) is 4. The lowest BCUT2D eigenvalue weighted by Crippen LogP contribution is -2.36. The Morgan fingerprint density at radius 3 is 2.52 bits per heavy atom. The van der Waals surface area contributed by atoms with E-state index in [1.54, 1.807) is 9.47 Å². The molecule has 3 heterocycles. The number of thiocarbonyl (C=S) groups is 1. The third-order valence-electron chi connectivity index (χ3n) is 6.12. The summed E-state index contributed by atoms with van der Waals surface area (Å²) in [6.07, 6.45) is 6.60. The van der Waals surface area contributed by atoms with Gasteiger partial charge in [0.25, 0.3) is 11.5 Å². The van der Waals surface area contributed by atoms with Crippen molar-refractivity contribution in [2.45, 2.75) is 72.4 Å². The molecule has 0 spiro atoms. The van der Waals surface area contributed by atoms with Crippen molar-refractivity contribution >= 4 is 46.1 Å². The van der Waals surface area contributed by atoms with Gasteiger partial charge in [0, 0.05) is 31.2 Å². The fourth-order valence-corrected chi connectivity index (χ4v) is 5.55. The van der Waals surface area contributed by atoms with Gasteiger partial charge in [-0.15, -0.1) is 0 Å². The van der Waals surface area contributed by atoms with Crippen molar-refractivity contribution in [3.8, 4) is 6.07 Å². The third kappa shape index (κ3) is 4.44. The zero-order valence-electron chi connectivity index (χ0n) is 18.7. The molecule has 2 aliphatic rings. The number of carbonyl (C=O) groups is 1. The maximum Gasteiger partial charge on any atom is 0.270 e. The minimum Gasteiger partial charge on any atom is -0.357 e. The highest BCUT2D eigenvalue weighted by Gasteiger charge is 2.35. The summed E-state index contributed by atoms with van der Waals surface area (Å²) in [5.41, 5.74) is 1.34. The number of thioether (sulfide) groups is 1. The molecule has 0 aliphatic carbocycles. The second-order valence-corrected chi connectivity index (χ2v) is 9.84. The first-order valence-electron chi connectivity index (χ1n) is 11.0. The number of anilines is 1. The van der Waals surface area contributed by atoms with Gasteiger partial charge < -0.3 is 4.90 Å². The summed E-state index contributed by atoms with van der Waals surface area (Å²) in [4.78, 5) is 30.8. The van der Waals surface area contributed by atoms with Crippen LogP contribution in [-0.2, 0) is 11.3 Å². The molecule has 166 valence electrons. The van der Waals surface area contributed by atoms with Gasteiger partial charge in [-0.05, 0) is 51.2 Å². The molecule has 1 aromatic heterocycles. The lowest BCUT2D eigenvalue weighted by atomic mass is 10.0. The lowest BCUT2D eigenvalue weighted by molar-refractivity contribution is -0.123. The Hall–Kier alpha value is -2.11. The Labute approximate surface area is 193 Å². The normalized spacial score (nSPS) is 18.9. The van der Waals surface area contributed by atoms with E-state index >= 15 is 0 Å². The number of rotatable bonds is 7. The molecular formula is C23H30N4O2S2. The predicted octanol–water partition coefficient (Wildman–Crippen LogP) is 4.43. The van der Waals surface area contributed by atoms with Crippen LogP contribution < -0.4 is 10.5 Å². The monoisotopic (exact) mass is 458 g/mol. The Morgan fingerprint density at radius 1 is 1.26 bits per heavy atom. The molecule has 1 aromatic rings. The van der Waals surface area contributed by atoms with Crippen LogP contribution in [0.5, 0.6) is 0 Å². The zero-order chi connectivity index (χ0) is 22.7. The molecule has 8 heteroatoms. The summed E-state index contributed by atoms with van der Waals surface area (Å²) >= 11 is 6.79. The molecule has 2 fully saturated rings. The first-order valence-corrected chi connectivity index (χ1v) is 12.3. The first-order chi connectivity index (χ1) is 14.8. The Balaban J connectivity index is 2.22. The van der Waals surface area contributed by atoms with Crippen LogP contribution in [0.3, 0.4) is 0 Å². The molecule has 0 saturated carbocycles. The first kappa shape index (κ1) is 23.6. The third-order valence-corrected chi connectivity index (χ3v) is 7.45. The lowest BCUT2D eigenvalue weighted by Gasteiger charge is -2.27. The maximum absolute atomic E-state index is 13.2. The molecule has 0 bridgehead atoms. The van der Waals surface area contributed by atoms with Crippen LogP contribution in [0.1, 0.15) is 69.6 Å². The van der Waals surface area contributed by atoms with Crippen molar-refractivity contribution in [1.29, 1.82) is 5.26 Å². The highest BCUT2D eigenvalue weighted by molar-refractivity contribution is 8.26. The van der Waals surface area contributed by atoms with Crippen molar-refractivity contribution in [2.24, 2.45) is 0 Å². The summed E-state index contributed by atoms with van der Waals surface area (Å²) in [6, 6.07) is 2.14. The SMILES string of the molecule is CCCCn1c(N2CCCC2)c(/C=C2/SC(=S)N(C(C)CC)C2=O)c(C)c(C#N)c1=O. The summed E-state index contributed by atoms with van der Waals surface area (Å²) in [7, 11) is 0. The summed E-state index contributed by atoms with van der Waals surface area (Å²) in [5.74, 6) is 0.738. The van der Waals surface area contributed by atoms with E-state index in [2.05, 4.69) is 17.9 Å². The van der Waals surface area contributed by atoms with Crippen molar-refractivity contribution < 1.29 is 4.79 Å². The standard InChI is InChI=1S/C23H30N4O2S2/c1-5-7-12-26-20(25-10-8-9-11-25)17(16(4)18(14-24)21(26)28)13-19-22(29)27(15(3)6-2)23(30)31-19/h13,15H,5-12H2,1-4H3/b19-13+. The highest BCUT2D eigenvalue weighted by atomic mass is 32.2. The fraction of sp³-hybridized carbons (Fsp3) is 0.565. The van der Waals surface area contributed by atoms with Crippen LogP contribution in [0.25, 0.3) is 6.08 Å². The van der Waals surface area contributed by atoms with Gasteiger partial charge >= 0.3 is 0 Å². The van der Waals surface area contributed by atoms with Crippen LogP contribution in [0.2, 0.25) is 0 Å². The van der Waals surface area contributed by atoms with E-state index in [4.69, 9.17) is 12.2 Å². The number of aromatic nitrogens is 1. The smallest absolute Gasteiger partial charge is 0.270 e. The number of amides is 1. The molecule has 31 heavy (non-hydrogen) atoms. The number of hydrogen-bond donors (Lipinski definition) is 0. The van der Waals surface area contributed by atoms with Crippen LogP contribution in [-0.4, -0.2) is 38.8 Å². The molecule has 2 saturated heterocycles. The average molecular weight is 459 g/mol. The second kappa shape index (κ2) is 10.0. The van der Waals surface area contributed by atoms with Crippen LogP contribution >= 0.6 is 24.0 Å².